The second kappa shape index (κ2) is 4.10. The zero-order chi connectivity index (χ0) is 12.5. The summed E-state index contributed by atoms with van der Waals surface area (Å²) in [5.74, 6) is -0.501. The molecule has 90 valence electrons. The lowest BCUT2D eigenvalue weighted by molar-refractivity contribution is -0.0506. The van der Waals surface area contributed by atoms with Gasteiger partial charge in [0.2, 0.25) is 0 Å². The Balaban J connectivity index is 2.49. The molecule has 4 heteroatoms. The Morgan fingerprint density at radius 1 is 1.53 bits per heavy atom. The minimum atomic E-state index is -1.55. The average Bonchev–Trinajstić information content (AvgIpc) is 2.79. The van der Waals surface area contributed by atoms with E-state index < -0.39 is 16.8 Å². The average molecular weight is 235 g/mol. The summed E-state index contributed by atoms with van der Waals surface area (Å²) in [5, 5.41) is 19.9. The molecule has 0 radical (unpaired) electrons. The maximum atomic E-state index is 13.7. The molecule has 1 fully saturated rings. The van der Waals surface area contributed by atoms with Gasteiger partial charge in [-0.3, -0.25) is 0 Å². The lowest BCUT2D eigenvalue weighted by Gasteiger charge is -2.36. The highest BCUT2D eigenvalue weighted by Crippen LogP contribution is 2.45. The van der Waals surface area contributed by atoms with E-state index >= 15 is 0 Å². The molecule has 1 aliphatic rings. The van der Waals surface area contributed by atoms with Gasteiger partial charge >= 0.3 is 0 Å². The van der Waals surface area contributed by atoms with Crippen molar-refractivity contribution >= 4 is 0 Å². The van der Waals surface area contributed by atoms with Crippen molar-refractivity contribution in [3.8, 4) is 6.07 Å². The quantitative estimate of drug-likeness (QED) is 0.852. The topological polar surface area (TPSA) is 53.2 Å². The largest absolute Gasteiger partial charge is 0.384 e. The summed E-state index contributed by atoms with van der Waals surface area (Å²) >= 11 is 0. The highest BCUT2D eigenvalue weighted by Gasteiger charge is 2.52. The third kappa shape index (κ3) is 1.72. The Kier molecular flexibility index (Phi) is 2.90. The molecule has 2 rings (SSSR count). The maximum absolute atomic E-state index is 13.7. The van der Waals surface area contributed by atoms with Crippen molar-refractivity contribution in [2.45, 2.75) is 18.9 Å². The summed E-state index contributed by atoms with van der Waals surface area (Å²) in [7, 11) is 0. The van der Waals surface area contributed by atoms with Crippen LogP contribution in [-0.4, -0.2) is 18.3 Å². The Bertz CT molecular complexity index is 459. The normalized spacial score (nSPS) is 27.4. The zero-order valence-electron chi connectivity index (χ0n) is 9.61. The van der Waals surface area contributed by atoms with Crippen molar-refractivity contribution in [2.75, 3.05) is 13.2 Å². The smallest absolute Gasteiger partial charge is 0.129 e. The Morgan fingerprint density at radius 2 is 2.24 bits per heavy atom. The van der Waals surface area contributed by atoms with Crippen LogP contribution in [0.5, 0.6) is 0 Å². The number of aliphatic hydroxyl groups is 1. The molecule has 0 aromatic heterocycles. The standard InChI is InChI=1S/C13H14FNO2/c1-12(16,10-4-2-3-5-11(10)14)13(8-15)6-7-17-9-13/h2-5,16H,6-7,9H2,1H3. The van der Waals surface area contributed by atoms with E-state index in [2.05, 4.69) is 6.07 Å². The van der Waals surface area contributed by atoms with Crippen LogP contribution < -0.4 is 0 Å². The first-order chi connectivity index (χ1) is 8.03. The summed E-state index contributed by atoms with van der Waals surface area (Å²) in [4.78, 5) is 0. The predicted octanol–water partition coefficient (Wildman–Crippen LogP) is 1.96. The van der Waals surface area contributed by atoms with Crippen LogP contribution >= 0.6 is 0 Å². The molecule has 0 bridgehead atoms. The molecule has 0 amide bonds. The maximum Gasteiger partial charge on any atom is 0.129 e. The van der Waals surface area contributed by atoms with Crippen molar-refractivity contribution in [1.29, 1.82) is 5.26 Å². The molecule has 1 heterocycles. The van der Waals surface area contributed by atoms with Crippen LogP contribution in [0.15, 0.2) is 24.3 Å². The second-order valence-electron chi connectivity index (χ2n) is 4.55. The lowest BCUT2D eigenvalue weighted by Crippen LogP contribution is -2.43. The van der Waals surface area contributed by atoms with E-state index in [0.29, 0.717) is 13.0 Å². The van der Waals surface area contributed by atoms with Gasteiger partial charge in [-0.25, -0.2) is 4.39 Å². The number of rotatable bonds is 2. The number of nitrogens with zero attached hydrogens (tertiary/aromatic N) is 1. The molecule has 2 unspecified atom stereocenters. The van der Waals surface area contributed by atoms with Gasteiger partial charge in [0, 0.05) is 12.2 Å². The molecule has 0 aliphatic carbocycles. The fourth-order valence-corrected chi connectivity index (χ4v) is 2.26. The summed E-state index contributed by atoms with van der Waals surface area (Å²) in [6, 6.07) is 8.09. The van der Waals surface area contributed by atoms with E-state index in [4.69, 9.17) is 4.74 Å². The molecule has 1 saturated heterocycles. The monoisotopic (exact) mass is 235 g/mol. The molecular weight excluding hydrogens is 221 g/mol. The molecule has 0 spiro atoms. The molecule has 0 saturated carbocycles. The molecule has 2 atom stereocenters. The van der Waals surface area contributed by atoms with Crippen LogP contribution in [0.25, 0.3) is 0 Å². The fourth-order valence-electron chi connectivity index (χ4n) is 2.26. The van der Waals surface area contributed by atoms with Gasteiger partial charge in [0.25, 0.3) is 0 Å². The van der Waals surface area contributed by atoms with E-state index in [1.54, 1.807) is 12.1 Å². The van der Waals surface area contributed by atoms with E-state index in [-0.39, 0.29) is 12.2 Å². The summed E-state index contributed by atoms with van der Waals surface area (Å²) < 4.78 is 18.9. The van der Waals surface area contributed by atoms with Gasteiger partial charge in [-0.05, 0) is 19.4 Å². The highest BCUT2D eigenvalue weighted by atomic mass is 19.1. The zero-order valence-corrected chi connectivity index (χ0v) is 9.61. The third-order valence-corrected chi connectivity index (χ3v) is 3.57. The van der Waals surface area contributed by atoms with Crippen molar-refractivity contribution in [3.63, 3.8) is 0 Å². The lowest BCUT2D eigenvalue weighted by atomic mass is 9.69. The van der Waals surface area contributed by atoms with Gasteiger partial charge in [0.05, 0.1) is 12.7 Å². The van der Waals surface area contributed by atoms with Crippen molar-refractivity contribution in [3.05, 3.63) is 35.6 Å². The number of hydrogen-bond donors (Lipinski definition) is 1. The number of hydrogen-bond acceptors (Lipinski definition) is 3. The van der Waals surface area contributed by atoms with E-state index in [1.807, 2.05) is 0 Å². The first-order valence-electron chi connectivity index (χ1n) is 5.50. The number of halogens is 1. The van der Waals surface area contributed by atoms with Gasteiger partial charge in [-0.15, -0.1) is 0 Å². The number of benzene rings is 1. The molecular formula is C13H14FNO2. The molecule has 1 aromatic carbocycles. The van der Waals surface area contributed by atoms with Gasteiger partial charge in [-0.2, -0.15) is 5.26 Å². The van der Waals surface area contributed by atoms with E-state index in [0.717, 1.165) is 0 Å². The van der Waals surface area contributed by atoms with Crippen molar-refractivity contribution in [1.82, 2.24) is 0 Å². The van der Waals surface area contributed by atoms with Crippen LogP contribution in [0.3, 0.4) is 0 Å². The SMILES string of the molecule is CC(O)(c1ccccc1F)C1(C#N)CCOC1. The first kappa shape index (κ1) is 12.0. The minimum absolute atomic E-state index is 0.130. The van der Waals surface area contributed by atoms with Gasteiger partial charge in [0.15, 0.2) is 0 Å². The third-order valence-electron chi connectivity index (χ3n) is 3.57. The highest BCUT2D eigenvalue weighted by molar-refractivity contribution is 5.30. The van der Waals surface area contributed by atoms with E-state index in [9.17, 15) is 14.8 Å². The van der Waals surface area contributed by atoms with Crippen LogP contribution in [-0.2, 0) is 10.3 Å². The van der Waals surface area contributed by atoms with Crippen LogP contribution in [0, 0.1) is 22.6 Å². The molecule has 3 nitrogen and oxygen atoms in total. The summed E-state index contributed by atoms with van der Waals surface area (Å²) in [6.45, 7) is 2.02. The summed E-state index contributed by atoms with van der Waals surface area (Å²) in [6.07, 6.45) is 0.408. The van der Waals surface area contributed by atoms with Gasteiger partial charge < -0.3 is 9.84 Å². The van der Waals surface area contributed by atoms with Crippen LogP contribution in [0.2, 0.25) is 0 Å². The fraction of sp³-hybridized carbons (Fsp3) is 0.462. The van der Waals surface area contributed by atoms with Crippen molar-refractivity contribution in [2.24, 2.45) is 5.41 Å². The van der Waals surface area contributed by atoms with Gasteiger partial charge in [-0.1, -0.05) is 18.2 Å². The Morgan fingerprint density at radius 3 is 2.76 bits per heavy atom. The van der Waals surface area contributed by atoms with Crippen LogP contribution in [0.4, 0.5) is 4.39 Å². The Labute approximate surface area is 99.4 Å². The summed E-state index contributed by atoms with van der Waals surface area (Å²) in [5.41, 5.74) is -2.48. The molecule has 17 heavy (non-hydrogen) atoms. The van der Waals surface area contributed by atoms with Crippen molar-refractivity contribution < 1.29 is 14.2 Å². The Hall–Kier alpha value is -1.44. The second-order valence-corrected chi connectivity index (χ2v) is 4.55. The molecule has 1 aliphatic heterocycles. The number of ether oxygens (including phenoxy) is 1. The molecule has 1 aromatic rings. The first-order valence-corrected chi connectivity index (χ1v) is 5.50. The predicted molar refractivity (Wildman–Crippen MR) is 59.5 cm³/mol. The van der Waals surface area contributed by atoms with E-state index in [1.165, 1.54) is 19.1 Å². The molecule has 1 N–H and O–H groups in total. The minimum Gasteiger partial charge on any atom is -0.384 e. The number of nitriles is 1. The van der Waals surface area contributed by atoms with Gasteiger partial charge in [0.1, 0.15) is 16.8 Å². The van der Waals surface area contributed by atoms with Crippen LogP contribution in [0.1, 0.15) is 18.9 Å².